The van der Waals surface area contributed by atoms with E-state index in [9.17, 15) is 4.79 Å². The van der Waals surface area contributed by atoms with E-state index in [0.29, 0.717) is 34.6 Å². The predicted octanol–water partition coefficient (Wildman–Crippen LogP) is 8.52. The van der Waals surface area contributed by atoms with Crippen LogP contribution in [0.3, 0.4) is 0 Å². The lowest BCUT2D eigenvalue weighted by atomic mass is 10.1. The molecule has 4 aromatic rings. The van der Waals surface area contributed by atoms with Crippen molar-refractivity contribution in [2.45, 2.75) is 34.6 Å². The number of nitrogens with two attached hydrogens (primary N) is 1. The minimum atomic E-state index is -0.658. The number of benzene rings is 3. The van der Waals surface area contributed by atoms with Crippen LogP contribution in [0.5, 0.6) is 0 Å². The number of nitrogens with zero attached hydrogens (tertiary/aromatic N) is 6. The number of azo groups is 1. The highest BCUT2D eigenvalue weighted by Crippen LogP contribution is 2.32. The lowest BCUT2D eigenvalue weighted by Crippen LogP contribution is -2.19. The Hall–Kier alpha value is -4.97. The number of hydrogen-bond acceptors (Lipinski definition) is 10. The maximum absolute atomic E-state index is 11.1. The van der Waals surface area contributed by atoms with Crippen LogP contribution >= 0.6 is 11.6 Å². The molecule has 0 aliphatic carbocycles. The summed E-state index contributed by atoms with van der Waals surface area (Å²) in [5.41, 5.74) is 14.1. The van der Waals surface area contributed by atoms with E-state index in [4.69, 9.17) is 18.7 Å². The van der Waals surface area contributed by atoms with Gasteiger partial charge in [0.15, 0.2) is 0 Å². The van der Waals surface area contributed by atoms with Crippen molar-refractivity contribution in [1.29, 1.82) is 5.52 Å². The fourth-order valence-electron chi connectivity index (χ4n) is 3.25. The van der Waals surface area contributed by atoms with Gasteiger partial charge >= 0.3 is 6.03 Å². The van der Waals surface area contributed by atoms with Crippen LogP contribution < -0.4 is 21.7 Å². The zero-order valence-electron chi connectivity index (χ0n) is 24.8. The zero-order valence-corrected chi connectivity index (χ0v) is 24.5. The Balaban J connectivity index is 0.000000296. The molecule has 0 aliphatic rings. The van der Waals surface area contributed by atoms with Gasteiger partial charge in [0.2, 0.25) is 18.6 Å². The molecule has 1 heterocycles. The molecule has 0 saturated carbocycles. The van der Waals surface area contributed by atoms with Crippen molar-refractivity contribution in [1.82, 2.24) is 15.0 Å². The minimum absolute atomic E-state index is 0.151. The summed E-state index contributed by atoms with van der Waals surface area (Å²) in [6.07, 6.45) is 0. The van der Waals surface area contributed by atoms with Crippen molar-refractivity contribution in [3.63, 3.8) is 0 Å². The Bertz CT molecular complexity index is 1530. The third kappa shape index (κ3) is 10.3. The molecule has 41 heavy (non-hydrogen) atoms. The monoisotopic (exact) mass is 576 g/mol. The normalized spacial score (nSPS) is 10.7. The Morgan fingerprint density at radius 3 is 2.20 bits per heavy atom. The number of urea groups is 1. The second kappa shape index (κ2) is 16.2. The van der Waals surface area contributed by atoms with E-state index < -0.39 is 6.03 Å². The predicted molar refractivity (Wildman–Crippen MR) is 165 cm³/mol. The molecule has 0 atom stereocenters. The second-order valence-corrected chi connectivity index (χ2v) is 8.57. The lowest BCUT2D eigenvalue weighted by Gasteiger charge is -2.07. The molecular weight excluding hydrogens is 542 g/mol. The topological polar surface area (TPSA) is 179 Å². The summed E-state index contributed by atoms with van der Waals surface area (Å²) >= 11 is 5.75. The number of hydrogen-bond donors (Lipinski definition) is 5. The number of amides is 2. The molecule has 0 unspecified atom stereocenters. The van der Waals surface area contributed by atoms with Gasteiger partial charge in [0.25, 0.3) is 0 Å². The molecule has 0 spiro atoms. The highest BCUT2D eigenvalue weighted by molar-refractivity contribution is 6.28. The Morgan fingerprint density at radius 1 is 0.902 bits per heavy atom. The van der Waals surface area contributed by atoms with E-state index in [2.05, 4.69) is 51.8 Å². The number of carbonyl (C=O) groups excluding carboxylic acids is 1. The summed E-state index contributed by atoms with van der Waals surface area (Å²) in [5.74, 6) is 0.842. The van der Waals surface area contributed by atoms with E-state index in [1.807, 2.05) is 77.1 Å². The molecule has 0 saturated heterocycles. The summed E-state index contributed by atoms with van der Waals surface area (Å²) < 4.78 is 6.82. The SMILES string of the molecule is CC.CNc1nc(Cl)nc(Nc2ccccc2)n1.[2H]N=Nc1cc(C)c(N=Nc2ccc(C)cc2NC(N)=O)cc1C. The molecule has 1 aromatic heterocycles. The van der Waals surface area contributed by atoms with Crippen molar-refractivity contribution in [2.75, 3.05) is 23.0 Å². The summed E-state index contributed by atoms with van der Waals surface area (Å²) in [4.78, 5) is 23.1. The molecular formula is C28H34ClN11O. The number of halogens is 1. The van der Waals surface area contributed by atoms with Gasteiger partial charge in [-0.1, -0.05) is 38.1 Å². The van der Waals surface area contributed by atoms with Crippen LogP contribution in [0.2, 0.25) is 6.70 Å². The molecule has 0 bridgehead atoms. The van der Waals surface area contributed by atoms with Crippen LogP contribution in [-0.2, 0) is 0 Å². The van der Waals surface area contributed by atoms with E-state index in [1.54, 1.807) is 25.2 Å². The molecule has 2 amide bonds. The molecule has 3 aromatic carbocycles. The number of carbonyl (C=O) groups is 1. The van der Waals surface area contributed by atoms with Crippen LogP contribution in [0.15, 0.2) is 76.0 Å². The van der Waals surface area contributed by atoms with Gasteiger partial charge in [0, 0.05) is 12.7 Å². The van der Waals surface area contributed by atoms with Gasteiger partial charge in [-0.3, -0.25) is 0 Å². The maximum atomic E-state index is 11.1. The van der Waals surface area contributed by atoms with E-state index in [1.165, 1.54) is 0 Å². The molecule has 13 heteroatoms. The first-order chi connectivity index (χ1) is 20.2. The van der Waals surface area contributed by atoms with Crippen molar-refractivity contribution >= 4 is 58.0 Å². The van der Waals surface area contributed by atoms with Crippen LogP contribution in [0, 0.1) is 26.3 Å². The maximum Gasteiger partial charge on any atom is 0.316 e. The minimum Gasteiger partial charge on any atom is -0.357 e. The molecule has 6 N–H and O–H groups in total. The largest absolute Gasteiger partial charge is 0.357 e. The fourth-order valence-corrected chi connectivity index (χ4v) is 3.41. The van der Waals surface area contributed by atoms with Gasteiger partial charge in [-0.15, -0.1) is 5.11 Å². The smallest absolute Gasteiger partial charge is 0.316 e. The third-order valence-electron chi connectivity index (χ3n) is 5.16. The summed E-state index contributed by atoms with van der Waals surface area (Å²) in [6, 6.07) is 18.0. The van der Waals surface area contributed by atoms with Crippen LogP contribution in [0.25, 0.3) is 0 Å². The van der Waals surface area contributed by atoms with E-state index in [-0.39, 0.29) is 5.28 Å². The van der Waals surface area contributed by atoms with Gasteiger partial charge in [-0.05, 0) is 85.5 Å². The van der Waals surface area contributed by atoms with Gasteiger partial charge in [-0.25, -0.2) is 10.3 Å². The molecule has 4 rings (SSSR count). The lowest BCUT2D eigenvalue weighted by molar-refractivity contribution is 0.259. The first kappa shape index (κ1) is 30.6. The Kier molecular flexibility index (Phi) is 12.1. The number of rotatable bonds is 7. The molecule has 0 radical (unpaired) electrons. The zero-order chi connectivity index (χ0) is 31.1. The first-order valence-electron chi connectivity index (χ1n) is 13.1. The number of aryl methyl sites for hydroxylation is 3. The van der Waals surface area contributed by atoms with Gasteiger partial charge in [0.1, 0.15) is 5.69 Å². The van der Waals surface area contributed by atoms with E-state index in [0.717, 1.165) is 22.4 Å². The second-order valence-electron chi connectivity index (χ2n) is 8.23. The fraction of sp³-hybridized carbons (Fsp3) is 0.214. The third-order valence-corrected chi connectivity index (χ3v) is 5.33. The average molecular weight is 577 g/mol. The molecule has 0 aliphatic heterocycles. The van der Waals surface area contributed by atoms with Gasteiger partial charge in [-0.2, -0.15) is 25.2 Å². The molecule has 0 fully saturated rings. The summed E-state index contributed by atoms with van der Waals surface area (Å²) in [7, 11) is 1.72. The van der Waals surface area contributed by atoms with Gasteiger partial charge in [0.05, 0.1) is 17.1 Å². The van der Waals surface area contributed by atoms with Crippen molar-refractivity contribution in [3.05, 3.63) is 82.6 Å². The summed E-state index contributed by atoms with van der Waals surface area (Å²) in [5, 5.41) is 20.7. The average Bonchev–Trinajstić information content (AvgIpc) is 2.96. The Morgan fingerprint density at radius 2 is 1.54 bits per heavy atom. The van der Waals surface area contributed by atoms with Crippen molar-refractivity contribution < 1.29 is 6.21 Å². The Labute approximate surface area is 245 Å². The van der Waals surface area contributed by atoms with Crippen molar-refractivity contribution in [2.24, 2.45) is 21.1 Å². The van der Waals surface area contributed by atoms with Crippen LogP contribution in [0.1, 0.15) is 30.5 Å². The van der Waals surface area contributed by atoms with E-state index >= 15 is 0 Å². The van der Waals surface area contributed by atoms with Crippen molar-refractivity contribution in [3.8, 4) is 0 Å². The quantitative estimate of drug-likeness (QED) is 0.137. The summed E-state index contributed by atoms with van der Waals surface area (Å²) in [6.45, 7) is 9.63. The van der Waals surface area contributed by atoms with Crippen LogP contribution in [-0.4, -0.2) is 28.0 Å². The number of nitrogens with one attached hydrogen (secondary N) is 4. The highest BCUT2D eigenvalue weighted by atomic mass is 35.5. The number of aromatic nitrogens is 3. The number of primary amides is 1. The molecule has 12 nitrogen and oxygen atoms in total. The number of anilines is 4. The highest BCUT2D eigenvalue weighted by Gasteiger charge is 2.07. The van der Waals surface area contributed by atoms with Gasteiger partial charge < -0.3 is 21.7 Å². The first-order valence-corrected chi connectivity index (χ1v) is 13.0. The number of para-hydroxylation sites is 1. The van der Waals surface area contributed by atoms with Crippen LogP contribution in [0.4, 0.5) is 45.1 Å². The molecule has 214 valence electrons. The standard InChI is InChI=1S/C16H18N6O.C10H10ClN5.C2H6/c1-9-4-5-12(15(6-9)19-16(17)23)21-22-14-8-10(2)13(20-18)7-11(14)3;1-12-9-14-8(11)15-10(16-9)13-7-5-3-2-4-6-7;1-2/h4-8,18H,1-3H3,(H3,17,19,23);2-6H,1H3,(H2,12,13,14,15,16);1-2H3/i/hD.